The fourth-order valence-corrected chi connectivity index (χ4v) is 1.93. The SMILES string of the molecule is CC(C)(C)OC(=O)N[C@@H]1CCC2CO[C@@H]1O2. The zero-order valence-corrected chi connectivity index (χ0v) is 9.99. The molecular weight excluding hydrogens is 210 g/mol. The first-order valence-electron chi connectivity index (χ1n) is 5.70. The zero-order chi connectivity index (χ0) is 11.8. The summed E-state index contributed by atoms with van der Waals surface area (Å²) in [6, 6.07) is -0.0893. The highest BCUT2D eigenvalue weighted by molar-refractivity contribution is 5.68. The second kappa shape index (κ2) is 4.22. The summed E-state index contributed by atoms with van der Waals surface area (Å²) in [4.78, 5) is 11.6. The molecular formula is C11H19NO4. The van der Waals surface area contributed by atoms with Crippen LogP contribution in [0, 0.1) is 0 Å². The van der Waals surface area contributed by atoms with Crippen LogP contribution in [-0.2, 0) is 14.2 Å². The third kappa shape index (κ3) is 2.86. The lowest BCUT2D eigenvalue weighted by Gasteiger charge is -2.29. The molecule has 92 valence electrons. The normalized spacial score (nSPS) is 33.6. The number of amides is 1. The van der Waals surface area contributed by atoms with Crippen molar-refractivity contribution in [1.82, 2.24) is 5.32 Å². The molecule has 2 saturated heterocycles. The number of hydrogen-bond acceptors (Lipinski definition) is 4. The lowest BCUT2D eigenvalue weighted by Crippen LogP contribution is -2.47. The van der Waals surface area contributed by atoms with E-state index in [0.717, 1.165) is 12.8 Å². The Morgan fingerprint density at radius 3 is 2.81 bits per heavy atom. The summed E-state index contributed by atoms with van der Waals surface area (Å²) in [6.45, 7) is 6.15. The maximum atomic E-state index is 11.6. The summed E-state index contributed by atoms with van der Waals surface area (Å²) in [5.41, 5.74) is -0.474. The largest absolute Gasteiger partial charge is 0.444 e. The van der Waals surface area contributed by atoms with Crippen molar-refractivity contribution in [3.8, 4) is 0 Å². The van der Waals surface area contributed by atoms with E-state index in [4.69, 9.17) is 14.2 Å². The molecule has 5 nitrogen and oxygen atoms in total. The zero-order valence-electron chi connectivity index (χ0n) is 9.99. The number of fused-ring (bicyclic) bond motifs is 2. The number of nitrogens with one attached hydrogen (secondary N) is 1. The van der Waals surface area contributed by atoms with Crippen molar-refractivity contribution in [1.29, 1.82) is 0 Å². The molecule has 1 unspecified atom stereocenters. The van der Waals surface area contributed by atoms with Crippen LogP contribution < -0.4 is 5.32 Å². The van der Waals surface area contributed by atoms with Crippen LogP contribution in [0.2, 0.25) is 0 Å². The van der Waals surface area contributed by atoms with Crippen molar-refractivity contribution in [2.45, 2.75) is 57.6 Å². The number of carbonyl (C=O) groups excluding carboxylic acids is 1. The van der Waals surface area contributed by atoms with E-state index in [0.29, 0.717) is 6.61 Å². The van der Waals surface area contributed by atoms with Crippen molar-refractivity contribution < 1.29 is 19.0 Å². The van der Waals surface area contributed by atoms with E-state index >= 15 is 0 Å². The van der Waals surface area contributed by atoms with E-state index in [9.17, 15) is 4.79 Å². The van der Waals surface area contributed by atoms with Crippen LogP contribution in [0.15, 0.2) is 0 Å². The minimum atomic E-state index is -0.474. The molecule has 2 aliphatic heterocycles. The Kier molecular flexibility index (Phi) is 3.08. The molecule has 16 heavy (non-hydrogen) atoms. The molecule has 0 saturated carbocycles. The first kappa shape index (κ1) is 11.7. The van der Waals surface area contributed by atoms with Gasteiger partial charge in [-0.3, -0.25) is 0 Å². The third-order valence-electron chi connectivity index (χ3n) is 2.60. The molecule has 0 radical (unpaired) electrons. The van der Waals surface area contributed by atoms with Crippen LogP contribution in [-0.4, -0.2) is 36.7 Å². The van der Waals surface area contributed by atoms with Gasteiger partial charge in [0.1, 0.15) is 5.60 Å². The second-order valence-corrected chi connectivity index (χ2v) is 5.29. The topological polar surface area (TPSA) is 56.8 Å². The average molecular weight is 229 g/mol. The molecule has 2 fully saturated rings. The van der Waals surface area contributed by atoms with Gasteiger partial charge in [-0.05, 0) is 33.6 Å². The number of ether oxygens (including phenoxy) is 3. The minimum Gasteiger partial charge on any atom is -0.444 e. The van der Waals surface area contributed by atoms with Gasteiger partial charge in [0, 0.05) is 0 Å². The molecule has 0 aromatic carbocycles. The van der Waals surface area contributed by atoms with Crippen LogP contribution in [0.25, 0.3) is 0 Å². The smallest absolute Gasteiger partial charge is 0.408 e. The number of alkyl carbamates (subject to hydrolysis) is 1. The highest BCUT2D eigenvalue weighted by atomic mass is 16.7. The van der Waals surface area contributed by atoms with Crippen LogP contribution in [0.3, 0.4) is 0 Å². The average Bonchev–Trinajstić information content (AvgIpc) is 2.51. The lowest BCUT2D eigenvalue weighted by molar-refractivity contribution is -0.103. The summed E-state index contributed by atoms with van der Waals surface area (Å²) in [5.74, 6) is 0. The predicted molar refractivity (Wildman–Crippen MR) is 57.0 cm³/mol. The summed E-state index contributed by atoms with van der Waals surface area (Å²) in [5, 5.41) is 2.79. The highest BCUT2D eigenvalue weighted by Gasteiger charge is 2.39. The second-order valence-electron chi connectivity index (χ2n) is 5.29. The molecule has 2 rings (SSSR count). The van der Waals surface area contributed by atoms with Gasteiger partial charge >= 0.3 is 6.09 Å². The Morgan fingerprint density at radius 2 is 2.12 bits per heavy atom. The fourth-order valence-electron chi connectivity index (χ4n) is 1.93. The Balaban J connectivity index is 1.83. The van der Waals surface area contributed by atoms with Crippen molar-refractivity contribution in [2.75, 3.05) is 6.61 Å². The van der Waals surface area contributed by atoms with Gasteiger partial charge in [0.05, 0.1) is 18.8 Å². The van der Waals surface area contributed by atoms with E-state index in [2.05, 4.69) is 5.32 Å². The Morgan fingerprint density at radius 1 is 1.38 bits per heavy atom. The van der Waals surface area contributed by atoms with Gasteiger partial charge in [0.25, 0.3) is 0 Å². The van der Waals surface area contributed by atoms with Gasteiger partial charge in [-0.25, -0.2) is 4.79 Å². The van der Waals surface area contributed by atoms with Crippen molar-refractivity contribution in [3.05, 3.63) is 0 Å². The van der Waals surface area contributed by atoms with Crippen molar-refractivity contribution >= 4 is 6.09 Å². The Bertz CT molecular complexity index is 274. The maximum Gasteiger partial charge on any atom is 0.408 e. The molecule has 1 N–H and O–H groups in total. The van der Waals surface area contributed by atoms with Gasteiger partial charge in [-0.15, -0.1) is 0 Å². The molecule has 2 aliphatic rings. The van der Waals surface area contributed by atoms with Gasteiger partial charge in [-0.2, -0.15) is 0 Å². The van der Waals surface area contributed by atoms with E-state index in [-0.39, 0.29) is 18.4 Å². The summed E-state index contributed by atoms with van der Waals surface area (Å²) >= 11 is 0. The minimum absolute atomic E-state index is 0.0893. The molecule has 0 spiro atoms. The van der Waals surface area contributed by atoms with E-state index in [1.807, 2.05) is 20.8 Å². The lowest BCUT2D eigenvalue weighted by atomic mass is 10.1. The van der Waals surface area contributed by atoms with Crippen LogP contribution in [0.5, 0.6) is 0 Å². The standard InChI is InChI=1S/C11H19NO4/c1-11(2,3)16-10(13)12-8-5-4-7-6-14-9(8)15-7/h7-9H,4-6H2,1-3H3,(H,12,13)/t7?,8-,9-/m1/s1. The molecule has 2 heterocycles. The number of rotatable bonds is 1. The monoisotopic (exact) mass is 229 g/mol. The van der Waals surface area contributed by atoms with Gasteiger partial charge < -0.3 is 19.5 Å². The van der Waals surface area contributed by atoms with Crippen molar-refractivity contribution in [2.24, 2.45) is 0 Å². The molecule has 0 aliphatic carbocycles. The molecule has 0 aromatic heterocycles. The first-order valence-corrected chi connectivity index (χ1v) is 5.70. The van der Waals surface area contributed by atoms with E-state index in [1.165, 1.54) is 0 Å². The predicted octanol–water partition coefficient (Wildman–Crippen LogP) is 1.42. The molecule has 5 heteroatoms. The first-order chi connectivity index (χ1) is 7.44. The molecule has 3 atom stereocenters. The maximum absolute atomic E-state index is 11.6. The molecule has 0 aromatic rings. The summed E-state index contributed by atoms with van der Waals surface area (Å²) < 4.78 is 16.2. The molecule has 1 amide bonds. The van der Waals surface area contributed by atoms with Crippen LogP contribution in [0.4, 0.5) is 4.79 Å². The Labute approximate surface area is 95.4 Å². The van der Waals surface area contributed by atoms with E-state index < -0.39 is 11.7 Å². The van der Waals surface area contributed by atoms with Crippen LogP contribution in [0.1, 0.15) is 33.6 Å². The number of carbonyl (C=O) groups is 1. The van der Waals surface area contributed by atoms with E-state index in [1.54, 1.807) is 0 Å². The quantitative estimate of drug-likeness (QED) is 0.738. The Hall–Kier alpha value is -0.810. The summed E-state index contributed by atoms with van der Waals surface area (Å²) in [6.07, 6.45) is 1.31. The highest BCUT2D eigenvalue weighted by Crippen LogP contribution is 2.27. The van der Waals surface area contributed by atoms with Crippen LogP contribution >= 0.6 is 0 Å². The van der Waals surface area contributed by atoms with Gasteiger partial charge in [0.2, 0.25) is 0 Å². The fraction of sp³-hybridized carbons (Fsp3) is 0.909. The summed E-state index contributed by atoms with van der Waals surface area (Å²) in [7, 11) is 0. The number of hydrogen-bond donors (Lipinski definition) is 1. The third-order valence-corrected chi connectivity index (χ3v) is 2.60. The van der Waals surface area contributed by atoms with Gasteiger partial charge in [-0.1, -0.05) is 0 Å². The van der Waals surface area contributed by atoms with Crippen molar-refractivity contribution in [3.63, 3.8) is 0 Å². The molecule has 2 bridgehead atoms. The van der Waals surface area contributed by atoms with Gasteiger partial charge in [0.15, 0.2) is 6.29 Å².